The summed E-state index contributed by atoms with van der Waals surface area (Å²) in [6, 6.07) is -0.275. The topological polar surface area (TPSA) is 166 Å². The first-order chi connectivity index (χ1) is 19.9. The molecule has 0 bridgehead atoms. The Kier molecular flexibility index (Phi) is 37.0. The van der Waals surface area contributed by atoms with Gasteiger partial charge in [-0.25, -0.2) is 8.98 Å². The Hall–Kier alpha value is 0.880. The Morgan fingerprint density at radius 2 is 1.14 bits per heavy atom. The lowest BCUT2D eigenvalue weighted by molar-refractivity contribution is -0.148. The number of alkyl halides is 10. The van der Waals surface area contributed by atoms with Gasteiger partial charge in [0, 0.05) is 86.9 Å². The van der Waals surface area contributed by atoms with Crippen LogP contribution in [0, 0.1) is 0 Å². The lowest BCUT2D eigenvalue weighted by Gasteiger charge is -2.25. The summed E-state index contributed by atoms with van der Waals surface area (Å²) in [6.07, 6.45) is -1.83. The van der Waals surface area contributed by atoms with Gasteiger partial charge in [-0.3, -0.25) is 14.2 Å². The largest absolute Gasteiger partial charge is 0.523 e. The number of halogens is 12. The second-order valence-corrected chi connectivity index (χ2v) is 11.3. The van der Waals surface area contributed by atoms with Gasteiger partial charge in [-0.05, 0) is 13.8 Å². The van der Waals surface area contributed by atoms with E-state index in [-0.39, 0.29) is 12.0 Å². The molecule has 0 aliphatic heterocycles. The SMILES string of the molecule is COC(=O)[C@@H](C)N(CCCl)CCCl.COC(=O)[C@H](C)OS(=O)(=O)C(F)(F)F.ClCCNCCCl.II.O=S(=O)(O)C(F)(F)F. The number of hydrogen-bond donors (Lipinski definition) is 2. The zero-order chi connectivity index (χ0) is 36.4. The first-order valence-corrected chi connectivity index (χ1v) is 22.2. The summed E-state index contributed by atoms with van der Waals surface area (Å²) in [4.78, 5) is 23.6. The molecule has 0 aromatic heterocycles. The average molecular weight is 1010 g/mol. The molecule has 0 radical (unpaired) electrons. The van der Waals surface area contributed by atoms with Crippen molar-refractivity contribution in [3.05, 3.63) is 0 Å². The van der Waals surface area contributed by atoms with Gasteiger partial charge < -0.3 is 14.8 Å². The number of nitrogens with one attached hydrogen (secondary N) is 1. The van der Waals surface area contributed by atoms with Crippen molar-refractivity contribution >= 4 is 116 Å². The molecule has 0 saturated carbocycles. The number of rotatable bonds is 13. The first-order valence-electron chi connectivity index (χ1n) is 11.0. The summed E-state index contributed by atoms with van der Waals surface area (Å²) in [5.41, 5.74) is -11.1. The molecule has 2 atom stereocenters. The molecule has 44 heavy (non-hydrogen) atoms. The van der Waals surface area contributed by atoms with Crippen LogP contribution in [0.3, 0.4) is 0 Å². The van der Waals surface area contributed by atoms with Crippen LogP contribution in [0.25, 0.3) is 0 Å². The Labute approximate surface area is 295 Å². The van der Waals surface area contributed by atoms with Gasteiger partial charge in [0.05, 0.1) is 14.2 Å². The fourth-order valence-electron chi connectivity index (χ4n) is 1.74. The van der Waals surface area contributed by atoms with Gasteiger partial charge in [-0.2, -0.15) is 43.2 Å². The monoisotopic (exact) mass is 1010 g/mol. The number of ether oxygens (including phenoxy) is 2. The van der Waals surface area contributed by atoms with E-state index in [0.717, 1.165) is 27.1 Å². The Bertz CT molecular complexity index is 948. The van der Waals surface area contributed by atoms with E-state index in [9.17, 15) is 44.3 Å². The van der Waals surface area contributed by atoms with E-state index in [1.165, 1.54) is 7.11 Å². The van der Waals surface area contributed by atoms with E-state index >= 15 is 0 Å². The fraction of sp³-hybridized carbons (Fsp3) is 0.889. The number of hydrogen-bond acceptors (Lipinski definition) is 11. The maximum Gasteiger partial charge on any atom is 0.523 e. The van der Waals surface area contributed by atoms with Crippen molar-refractivity contribution in [2.45, 2.75) is 37.0 Å². The van der Waals surface area contributed by atoms with E-state index in [1.54, 1.807) is 6.92 Å². The van der Waals surface area contributed by atoms with Crippen LogP contribution in [0.5, 0.6) is 0 Å². The lowest BCUT2D eigenvalue weighted by atomic mass is 10.3. The van der Waals surface area contributed by atoms with E-state index in [0.29, 0.717) is 36.6 Å². The molecule has 0 aromatic carbocycles. The smallest absolute Gasteiger partial charge is 0.468 e. The predicted octanol–water partition coefficient (Wildman–Crippen LogP) is 4.96. The van der Waals surface area contributed by atoms with Crippen LogP contribution in [0.15, 0.2) is 0 Å². The third-order valence-electron chi connectivity index (χ3n) is 3.76. The van der Waals surface area contributed by atoms with Crippen molar-refractivity contribution in [1.82, 2.24) is 10.2 Å². The molecular weight excluding hydrogens is 978 g/mol. The molecule has 0 aliphatic carbocycles. The minimum absolute atomic E-state index is 0.254. The minimum Gasteiger partial charge on any atom is -0.468 e. The predicted molar refractivity (Wildman–Crippen MR) is 172 cm³/mol. The maximum atomic E-state index is 11.7. The van der Waals surface area contributed by atoms with Gasteiger partial charge in [0.1, 0.15) is 6.04 Å². The van der Waals surface area contributed by atoms with E-state index in [4.69, 9.17) is 59.4 Å². The Morgan fingerprint density at radius 3 is 1.36 bits per heavy atom. The van der Waals surface area contributed by atoms with Crippen molar-refractivity contribution < 1.29 is 71.0 Å². The molecule has 0 aliphatic rings. The number of esters is 2. The maximum absolute atomic E-state index is 11.7. The summed E-state index contributed by atoms with van der Waals surface area (Å²) in [5, 5.41) is 3.02. The zero-order valence-electron chi connectivity index (χ0n) is 23.2. The number of carbonyl (C=O) groups is 2. The van der Waals surface area contributed by atoms with Crippen molar-refractivity contribution in [2.75, 3.05) is 63.9 Å². The molecule has 2 N–H and O–H groups in total. The molecule has 270 valence electrons. The van der Waals surface area contributed by atoms with Crippen molar-refractivity contribution in [3.8, 4) is 0 Å². The molecule has 0 fully saturated rings. The van der Waals surface area contributed by atoms with Gasteiger partial charge in [0.25, 0.3) is 0 Å². The highest BCUT2D eigenvalue weighted by Crippen LogP contribution is 2.25. The van der Waals surface area contributed by atoms with E-state index < -0.39 is 43.3 Å². The summed E-state index contributed by atoms with van der Waals surface area (Å²) in [5.74, 6) is 0.831. The van der Waals surface area contributed by atoms with Crippen LogP contribution in [0.1, 0.15) is 13.8 Å². The normalized spacial score (nSPS) is 12.8. The van der Waals surface area contributed by atoms with Crippen LogP contribution < -0.4 is 5.32 Å². The second kappa shape index (κ2) is 30.0. The van der Waals surface area contributed by atoms with E-state index in [2.05, 4.69) is 56.2 Å². The van der Waals surface area contributed by atoms with Crippen molar-refractivity contribution in [2.24, 2.45) is 0 Å². The number of carbonyl (C=O) groups excluding carboxylic acids is 2. The highest BCUT2D eigenvalue weighted by molar-refractivity contribution is 15.0. The van der Waals surface area contributed by atoms with Gasteiger partial charge in [0.15, 0.2) is 6.10 Å². The van der Waals surface area contributed by atoms with Gasteiger partial charge >= 0.3 is 43.2 Å². The molecule has 0 rings (SSSR count). The molecular formula is C18H32Cl4F6I2N2O10S2. The molecule has 0 saturated heterocycles. The number of methoxy groups -OCH3 is 2. The standard InChI is InChI=1S/C8H15Cl2NO2.C5H7F3O5S.C4H9Cl2N.CHF3O3S.I2/c1-7(8(12)13-2)11(5-3-9)6-4-10;1-3(4(9)12-2)13-14(10,11)5(6,7)8;5-1-3-7-4-2-6;2-1(3,4)8(5,6)7;1-2/h7H,3-6H2,1-2H3;3H,1-2H3;7H,1-4H2;(H,5,6,7);/t7-;3-;;;/m10.../s1. The molecule has 0 spiro atoms. The number of nitrogens with zero attached hydrogens (tertiary/aromatic N) is 1. The Balaban J connectivity index is -0.000000156. The van der Waals surface area contributed by atoms with Gasteiger partial charge in [-0.1, -0.05) is 0 Å². The van der Waals surface area contributed by atoms with E-state index in [1.807, 2.05) is 4.90 Å². The molecule has 0 aromatic rings. The highest BCUT2D eigenvalue weighted by Gasteiger charge is 2.49. The Morgan fingerprint density at radius 1 is 0.795 bits per heavy atom. The first kappa shape index (κ1) is 54.3. The van der Waals surface area contributed by atoms with Crippen LogP contribution in [0.2, 0.25) is 0 Å². The molecule has 12 nitrogen and oxygen atoms in total. The van der Waals surface area contributed by atoms with Crippen molar-refractivity contribution in [3.63, 3.8) is 0 Å². The quantitative estimate of drug-likeness (QED) is 0.0373. The summed E-state index contributed by atoms with van der Waals surface area (Å²) >= 11 is 26.1. The molecule has 0 amide bonds. The fourth-order valence-corrected chi connectivity index (χ4v) is 3.01. The van der Waals surface area contributed by atoms with Crippen LogP contribution in [0.4, 0.5) is 26.3 Å². The van der Waals surface area contributed by atoms with Crippen LogP contribution in [-0.2, 0) is 43.5 Å². The second-order valence-electron chi connectivity index (χ2n) is 6.82. The average Bonchev–Trinajstić information content (AvgIpc) is 2.92. The third kappa shape index (κ3) is 30.2. The van der Waals surface area contributed by atoms with Gasteiger partial charge in [-0.15, -0.1) is 46.4 Å². The van der Waals surface area contributed by atoms with Crippen LogP contribution in [-0.4, -0.2) is 125 Å². The van der Waals surface area contributed by atoms with Gasteiger partial charge in [0.2, 0.25) is 0 Å². The van der Waals surface area contributed by atoms with Crippen LogP contribution >= 0.6 is 83.6 Å². The summed E-state index contributed by atoms with van der Waals surface area (Å²) < 4.78 is 125. The minimum atomic E-state index is -5.84. The molecule has 0 unspecified atom stereocenters. The van der Waals surface area contributed by atoms with Crippen molar-refractivity contribution in [1.29, 1.82) is 0 Å². The zero-order valence-corrected chi connectivity index (χ0v) is 32.2. The summed E-state index contributed by atoms with van der Waals surface area (Å²) in [6.45, 7) is 5.61. The molecule has 26 heteroatoms. The summed E-state index contributed by atoms with van der Waals surface area (Å²) in [7, 11) is -9.33. The lowest BCUT2D eigenvalue weighted by Crippen LogP contribution is -2.41. The highest BCUT2D eigenvalue weighted by atomic mass is 128. The third-order valence-corrected chi connectivity index (χ3v) is 6.17. The molecule has 0 heterocycles.